The molecule has 1 heterocycles. The van der Waals surface area contributed by atoms with Crippen LogP contribution in [-0.2, 0) is 11.3 Å². The Morgan fingerprint density at radius 3 is 2.47 bits per heavy atom. The molecular weight excluding hydrogens is 412 g/mol. The highest BCUT2D eigenvalue weighted by atomic mass is 32.2. The molecule has 4 bridgehead atoms. The molecule has 160 valence electrons. The van der Waals surface area contributed by atoms with Crippen molar-refractivity contribution in [1.82, 2.24) is 15.5 Å². The van der Waals surface area contributed by atoms with Crippen molar-refractivity contribution in [2.75, 3.05) is 11.1 Å². The SMILES string of the molecule is C[C@H](NC(=O)CSc1nnc(NCc2ccccc2)s1)C12CC3CC(CC(C3)C1)C2. The Morgan fingerprint density at radius 1 is 1.13 bits per heavy atom. The van der Waals surface area contributed by atoms with Gasteiger partial charge in [0.15, 0.2) is 4.34 Å². The third-order valence-corrected chi connectivity index (χ3v) is 9.42. The summed E-state index contributed by atoms with van der Waals surface area (Å²) >= 11 is 2.99. The summed E-state index contributed by atoms with van der Waals surface area (Å²) in [7, 11) is 0. The Hall–Kier alpha value is -1.60. The van der Waals surface area contributed by atoms with Gasteiger partial charge in [0, 0.05) is 12.6 Å². The molecule has 30 heavy (non-hydrogen) atoms. The van der Waals surface area contributed by atoms with E-state index in [4.69, 9.17) is 0 Å². The predicted molar refractivity (Wildman–Crippen MR) is 123 cm³/mol. The van der Waals surface area contributed by atoms with Crippen LogP contribution < -0.4 is 10.6 Å². The van der Waals surface area contributed by atoms with Gasteiger partial charge in [0.05, 0.1) is 5.75 Å². The normalized spacial score (nSPS) is 30.2. The van der Waals surface area contributed by atoms with Crippen LogP contribution in [0.4, 0.5) is 5.13 Å². The fourth-order valence-corrected chi connectivity index (χ4v) is 7.94. The van der Waals surface area contributed by atoms with Crippen LogP contribution >= 0.6 is 23.1 Å². The van der Waals surface area contributed by atoms with Crippen molar-refractivity contribution in [1.29, 1.82) is 0 Å². The fourth-order valence-electron chi connectivity index (χ4n) is 6.38. The second-order valence-electron chi connectivity index (χ2n) is 9.57. The molecule has 0 saturated heterocycles. The van der Waals surface area contributed by atoms with Crippen LogP contribution in [0, 0.1) is 23.2 Å². The summed E-state index contributed by atoms with van der Waals surface area (Å²) < 4.78 is 0.836. The van der Waals surface area contributed by atoms with Crippen LogP contribution in [0.3, 0.4) is 0 Å². The number of hydrogen-bond acceptors (Lipinski definition) is 6. The average Bonchev–Trinajstić information content (AvgIpc) is 3.18. The van der Waals surface area contributed by atoms with Crippen LogP contribution in [0.5, 0.6) is 0 Å². The van der Waals surface area contributed by atoms with Crippen molar-refractivity contribution in [3.63, 3.8) is 0 Å². The summed E-state index contributed by atoms with van der Waals surface area (Å²) in [4.78, 5) is 12.6. The second-order valence-corrected chi connectivity index (χ2v) is 11.8. The van der Waals surface area contributed by atoms with Gasteiger partial charge in [0.2, 0.25) is 11.0 Å². The number of benzene rings is 1. The average molecular weight is 443 g/mol. The van der Waals surface area contributed by atoms with E-state index >= 15 is 0 Å². The largest absolute Gasteiger partial charge is 0.356 e. The van der Waals surface area contributed by atoms with E-state index in [1.807, 2.05) is 18.2 Å². The summed E-state index contributed by atoms with van der Waals surface area (Å²) in [6.45, 7) is 2.97. The second kappa shape index (κ2) is 8.50. The maximum atomic E-state index is 12.6. The molecule has 4 aliphatic rings. The van der Waals surface area contributed by atoms with Crippen molar-refractivity contribution in [3.8, 4) is 0 Å². The first-order valence-corrected chi connectivity index (χ1v) is 12.9. The number of nitrogens with zero attached hydrogens (tertiary/aromatic N) is 2. The molecule has 2 N–H and O–H groups in total. The third-order valence-electron chi connectivity index (χ3n) is 7.40. The topological polar surface area (TPSA) is 66.9 Å². The van der Waals surface area contributed by atoms with Gasteiger partial charge in [-0.15, -0.1) is 10.2 Å². The maximum Gasteiger partial charge on any atom is 0.230 e. The monoisotopic (exact) mass is 442 g/mol. The molecule has 0 unspecified atom stereocenters. The summed E-state index contributed by atoms with van der Waals surface area (Å²) in [5.74, 6) is 3.26. The quantitative estimate of drug-likeness (QED) is 0.566. The van der Waals surface area contributed by atoms with E-state index in [9.17, 15) is 4.79 Å². The van der Waals surface area contributed by atoms with Gasteiger partial charge in [0.25, 0.3) is 0 Å². The van der Waals surface area contributed by atoms with Crippen LogP contribution in [0.15, 0.2) is 34.7 Å². The lowest BCUT2D eigenvalue weighted by Crippen LogP contribution is -2.56. The Balaban J connectivity index is 1.10. The molecule has 4 saturated carbocycles. The van der Waals surface area contributed by atoms with Gasteiger partial charge in [-0.25, -0.2) is 0 Å². The molecule has 7 heteroatoms. The molecule has 1 atom stereocenters. The minimum atomic E-state index is 0.122. The molecule has 6 rings (SSSR count). The highest BCUT2D eigenvalue weighted by Gasteiger charge is 2.53. The molecule has 4 fully saturated rings. The van der Waals surface area contributed by atoms with Gasteiger partial charge >= 0.3 is 0 Å². The number of carbonyl (C=O) groups is 1. The van der Waals surface area contributed by atoms with E-state index < -0.39 is 0 Å². The van der Waals surface area contributed by atoms with Crippen molar-refractivity contribution in [2.24, 2.45) is 23.2 Å². The van der Waals surface area contributed by atoms with Crippen LogP contribution in [0.25, 0.3) is 0 Å². The zero-order valence-corrected chi connectivity index (χ0v) is 19.1. The summed E-state index contributed by atoms with van der Waals surface area (Å²) in [6.07, 6.45) is 8.27. The van der Waals surface area contributed by atoms with Crippen molar-refractivity contribution in [3.05, 3.63) is 35.9 Å². The number of rotatable bonds is 8. The lowest BCUT2D eigenvalue weighted by atomic mass is 9.48. The van der Waals surface area contributed by atoms with Gasteiger partial charge in [-0.1, -0.05) is 53.4 Å². The number of anilines is 1. The molecule has 1 aromatic heterocycles. The molecule has 1 amide bonds. The minimum Gasteiger partial charge on any atom is -0.356 e. The summed E-state index contributed by atoms with van der Waals surface area (Å²) in [5.41, 5.74) is 1.56. The number of amides is 1. The smallest absolute Gasteiger partial charge is 0.230 e. The van der Waals surface area contributed by atoms with E-state index in [-0.39, 0.29) is 11.9 Å². The number of hydrogen-bond donors (Lipinski definition) is 2. The zero-order chi connectivity index (χ0) is 20.6. The van der Waals surface area contributed by atoms with E-state index in [1.165, 1.54) is 67.2 Å². The molecule has 0 aliphatic heterocycles. The van der Waals surface area contributed by atoms with Gasteiger partial charge < -0.3 is 10.6 Å². The first kappa shape index (κ1) is 20.3. The Labute approximate surface area is 186 Å². The Morgan fingerprint density at radius 2 is 1.80 bits per heavy atom. The van der Waals surface area contributed by atoms with Crippen molar-refractivity contribution < 1.29 is 4.79 Å². The molecule has 0 spiro atoms. The lowest BCUT2D eigenvalue weighted by molar-refractivity contribution is -0.123. The molecule has 4 aliphatic carbocycles. The number of nitrogens with one attached hydrogen (secondary N) is 2. The van der Waals surface area contributed by atoms with Gasteiger partial charge in [-0.05, 0) is 74.2 Å². The van der Waals surface area contributed by atoms with Crippen LogP contribution in [0.1, 0.15) is 51.0 Å². The molecular formula is C23H30N4OS2. The number of thioether (sulfide) groups is 1. The molecule has 1 aromatic carbocycles. The van der Waals surface area contributed by atoms with Gasteiger partial charge in [-0.3, -0.25) is 4.79 Å². The molecule has 0 radical (unpaired) electrons. The van der Waals surface area contributed by atoms with Crippen LogP contribution in [0.2, 0.25) is 0 Å². The first-order valence-electron chi connectivity index (χ1n) is 11.1. The van der Waals surface area contributed by atoms with E-state index in [0.29, 0.717) is 11.2 Å². The van der Waals surface area contributed by atoms with Crippen LogP contribution in [-0.4, -0.2) is 27.9 Å². The minimum absolute atomic E-state index is 0.122. The maximum absolute atomic E-state index is 12.6. The summed E-state index contributed by atoms with van der Waals surface area (Å²) in [5, 5.41) is 15.9. The third kappa shape index (κ3) is 4.37. The Kier molecular flexibility index (Phi) is 5.75. The van der Waals surface area contributed by atoms with Crippen molar-refractivity contribution in [2.45, 2.75) is 62.4 Å². The highest BCUT2D eigenvalue weighted by molar-refractivity contribution is 8.01. The molecule has 5 nitrogen and oxygen atoms in total. The fraction of sp³-hybridized carbons (Fsp3) is 0.609. The predicted octanol–water partition coefficient (Wildman–Crippen LogP) is 4.96. The molecule has 2 aromatic rings. The lowest BCUT2D eigenvalue weighted by Gasteiger charge is -2.59. The van der Waals surface area contributed by atoms with Crippen molar-refractivity contribution >= 4 is 34.1 Å². The standard InChI is InChI=1S/C23H30N4OS2/c1-15(23-10-17-7-18(11-23)9-19(8-17)12-23)25-20(28)14-29-22-27-26-21(30-22)24-13-16-5-3-2-4-6-16/h2-6,15,17-19H,7-14H2,1H3,(H,24,26)(H,25,28)/t15-,17?,18?,19?,23?/m0/s1. The number of aromatic nitrogens is 2. The van der Waals surface area contributed by atoms with E-state index in [2.05, 4.69) is 39.9 Å². The Bertz CT molecular complexity index is 849. The van der Waals surface area contributed by atoms with E-state index in [1.54, 1.807) is 0 Å². The van der Waals surface area contributed by atoms with E-state index in [0.717, 1.165) is 33.8 Å². The highest BCUT2D eigenvalue weighted by Crippen LogP contribution is 2.61. The van der Waals surface area contributed by atoms with Gasteiger partial charge in [0.1, 0.15) is 0 Å². The van der Waals surface area contributed by atoms with Gasteiger partial charge in [-0.2, -0.15) is 0 Å². The number of carbonyl (C=O) groups excluding carboxylic acids is 1. The first-order chi connectivity index (χ1) is 14.6. The zero-order valence-electron chi connectivity index (χ0n) is 17.5. The summed E-state index contributed by atoms with van der Waals surface area (Å²) in [6, 6.07) is 10.5.